The number of carbonyl (C=O) groups excluding carboxylic acids is 1. The van der Waals surface area contributed by atoms with Crippen LogP contribution in [0.3, 0.4) is 0 Å². The standard InChI is InChI=1S/C13H21N3O2/c1-5-15-10-6-11(8-14-7-10)16-12(9(2)3)13(17)18-4/h6-9,12,15-16H,5H2,1-4H3. The largest absolute Gasteiger partial charge is 0.467 e. The zero-order chi connectivity index (χ0) is 13.5. The van der Waals surface area contributed by atoms with E-state index >= 15 is 0 Å². The fourth-order valence-electron chi connectivity index (χ4n) is 1.62. The summed E-state index contributed by atoms with van der Waals surface area (Å²) < 4.78 is 4.79. The molecule has 0 amide bonds. The summed E-state index contributed by atoms with van der Waals surface area (Å²) in [5.74, 6) is -0.126. The lowest BCUT2D eigenvalue weighted by atomic mass is 10.0. The van der Waals surface area contributed by atoms with Crippen LogP contribution in [0.25, 0.3) is 0 Å². The van der Waals surface area contributed by atoms with E-state index < -0.39 is 0 Å². The number of esters is 1. The van der Waals surface area contributed by atoms with Gasteiger partial charge in [-0.1, -0.05) is 13.8 Å². The highest BCUT2D eigenvalue weighted by atomic mass is 16.5. The van der Waals surface area contributed by atoms with Gasteiger partial charge in [-0.25, -0.2) is 4.79 Å². The van der Waals surface area contributed by atoms with Crippen molar-refractivity contribution in [2.45, 2.75) is 26.8 Å². The van der Waals surface area contributed by atoms with Gasteiger partial charge in [-0.15, -0.1) is 0 Å². The molecule has 0 fully saturated rings. The predicted octanol–water partition coefficient (Wildman–Crippen LogP) is 2.12. The number of ether oxygens (including phenoxy) is 1. The topological polar surface area (TPSA) is 63.2 Å². The van der Waals surface area contributed by atoms with Crippen LogP contribution in [-0.2, 0) is 9.53 Å². The van der Waals surface area contributed by atoms with E-state index in [0.717, 1.165) is 17.9 Å². The number of carbonyl (C=O) groups is 1. The lowest BCUT2D eigenvalue weighted by Crippen LogP contribution is -2.35. The highest BCUT2D eigenvalue weighted by Crippen LogP contribution is 2.16. The first-order chi connectivity index (χ1) is 8.58. The minimum atomic E-state index is -0.367. The van der Waals surface area contributed by atoms with Crippen molar-refractivity contribution < 1.29 is 9.53 Å². The van der Waals surface area contributed by atoms with Crippen LogP contribution in [0.2, 0.25) is 0 Å². The molecule has 0 radical (unpaired) electrons. The number of aromatic nitrogens is 1. The van der Waals surface area contributed by atoms with E-state index in [1.54, 1.807) is 12.4 Å². The minimum absolute atomic E-state index is 0.139. The normalized spacial score (nSPS) is 12.1. The number of anilines is 2. The molecule has 0 saturated heterocycles. The van der Waals surface area contributed by atoms with Crippen molar-refractivity contribution in [3.8, 4) is 0 Å². The van der Waals surface area contributed by atoms with Gasteiger partial charge in [0.15, 0.2) is 0 Å². The van der Waals surface area contributed by atoms with Crippen LogP contribution in [0, 0.1) is 5.92 Å². The second kappa shape index (κ2) is 6.83. The van der Waals surface area contributed by atoms with Crippen LogP contribution < -0.4 is 10.6 Å². The Kier molecular flexibility index (Phi) is 5.42. The van der Waals surface area contributed by atoms with Gasteiger partial charge in [-0.05, 0) is 18.9 Å². The smallest absolute Gasteiger partial charge is 0.328 e. The van der Waals surface area contributed by atoms with Gasteiger partial charge in [0.2, 0.25) is 0 Å². The molecule has 1 rings (SSSR count). The lowest BCUT2D eigenvalue weighted by molar-refractivity contribution is -0.142. The quantitative estimate of drug-likeness (QED) is 0.758. The highest BCUT2D eigenvalue weighted by molar-refractivity contribution is 5.79. The van der Waals surface area contributed by atoms with Gasteiger partial charge in [0.1, 0.15) is 6.04 Å². The number of pyridine rings is 1. The van der Waals surface area contributed by atoms with E-state index in [-0.39, 0.29) is 17.9 Å². The van der Waals surface area contributed by atoms with Crippen molar-refractivity contribution in [1.29, 1.82) is 0 Å². The van der Waals surface area contributed by atoms with E-state index in [0.29, 0.717) is 0 Å². The number of nitrogens with zero attached hydrogens (tertiary/aromatic N) is 1. The summed E-state index contributed by atoms with van der Waals surface area (Å²) in [7, 11) is 1.40. The molecule has 1 aromatic rings. The first-order valence-electron chi connectivity index (χ1n) is 6.11. The molecule has 1 unspecified atom stereocenters. The Morgan fingerprint density at radius 2 is 2.06 bits per heavy atom. The second-order valence-electron chi connectivity index (χ2n) is 4.38. The van der Waals surface area contributed by atoms with Gasteiger partial charge >= 0.3 is 5.97 Å². The summed E-state index contributed by atoms with van der Waals surface area (Å²) in [5.41, 5.74) is 1.73. The SMILES string of the molecule is CCNc1cncc(NC(C(=O)OC)C(C)C)c1. The van der Waals surface area contributed by atoms with Gasteiger partial charge in [0.05, 0.1) is 30.9 Å². The van der Waals surface area contributed by atoms with Crippen molar-refractivity contribution in [2.75, 3.05) is 24.3 Å². The summed E-state index contributed by atoms with van der Waals surface area (Å²) in [5, 5.41) is 6.33. The molecule has 0 spiro atoms. The monoisotopic (exact) mass is 251 g/mol. The van der Waals surface area contributed by atoms with E-state index in [9.17, 15) is 4.79 Å². The van der Waals surface area contributed by atoms with Crippen LogP contribution in [0.15, 0.2) is 18.5 Å². The second-order valence-corrected chi connectivity index (χ2v) is 4.38. The number of rotatable bonds is 6. The zero-order valence-electron chi connectivity index (χ0n) is 11.4. The van der Waals surface area contributed by atoms with Crippen molar-refractivity contribution in [2.24, 2.45) is 5.92 Å². The molecule has 100 valence electrons. The third kappa shape index (κ3) is 3.91. The molecule has 0 aliphatic carbocycles. The molecule has 1 aromatic heterocycles. The maximum Gasteiger partial charge on any atom is 0.328 e. The third-order valence-corrected chi connectivity index (χ3v) is 2.56. The first kappa shape index (κ1) is 14.3. The molecule has 2 N–H and O–H groups in total. The molecule has 0 aliphatic heterocycles. The summed E-state index contributed by atoms with van der Waals surface area (Å²) in [6.07, 6.45) is 3.44. The molecule has 18 heavy (non-hydrogen) atoms. The molecular formula is C13H21N3O2. The molecule has 5 nitrogen and oxygen atoms in total. The molecule has 0 aliphatic rings. The maximum atomic E-state index is 11.6. The molecule has 0 bridgehead atoms. The van der Waals surface area contributed by atoms with Crippen molar-refractivity contribution >= 4 is 17.3 Å². The van der Waals surface area contributed by atoms with Crippen LogP contribution >= 0.6 is 0 Å². The Morgan fingerprint density at radius 3 is 2.61 bits per heavy atom. The molecule has 1 heterocycles. The number of nitrogens with one attached hydrogen (secondary N) is 2. The van der Waals surface area contributed by atoms with Gasteiger partial charge in [-0.2, -0.15) is 0 Å². The van der Waals surface area contributed by atoms with Crippen LogP contribution in [0.5, 0.6) is 0 Å². The molecule has 0 aromatic carbocycles. The Balaban J connectivity index is 2.80. The summed E-state index contributed by atoms with van der Waals surface area (Å²) in [6, 6.07) is 1.56. The van der Waals surface area contributed by atoms with Crippen molar-refractivity contribution in [3.63, 3.8) is 0 Å². The Labute approximate surface area is 108 Å². The van der Waals surface area contributed by atoms with Gasteiger partial charge in [0.25, 0.3) is 0 Å². The Bertz CT molecular complexity index is 394. The van der Waals surface area contributed by atoms with Crippen LogP contribution in [0.1, 0.15) is 20.8 Å². The summed E-state index contributed by atoms with van der Waals surface area (Å²) in [4.78, 5) is 15.8. The number of hydrogen-bond acceptors (Lipinski definition) is 5. The van der Waals surface area contributed by atoms with E-state index in [1.165, 1.54) is 7.11 Å². The van der Waals surface area contributed by atoms with Crippen molar-refractivity contribution in [1.82, 2.24) is 4.98 Å². The Hall–Kier alpha value is -1.78. The number of hydrogen-bond donors (Lipinski definition) is 2. The lowest BCUT2D eigenvalue weighted by Gasteiger charge is -2.21. The van der Waals surface area contributed by atoms with Crippen LogP contribution in [-0.4, -0.2) is 30.6 Å². The van der Waals surface area contributed by atoms with Gasteiger partial charge in [0, 0.05) is 6.54 Å². The molecule has 1 atom stereocenters. The maximum absolute atomic E-state index is 11.6. The van der Waals surface area contributed by atoms with E-state index in [1.807, 2.05) is 26.8 Å². The van der Waals surface area contributed by atoms with E-state index in [2.05, 4.69) is 15.6 Å². The molecular weight excluding hydrogens is 230 g/mol. The Morgan fingerprint density at radius 1 is 1.39 bits per heavy atom. The van der Waals surface area contributed by atoms with Gasteiger partial charge < -0.3 is 15.4 Å². The fourth-order valence-corrected chi connectivity index (χ4v) is 1.62. The van der Waals surface area contributed by atoms with Crippen LogP contribution in [0.4, 0.5) is 11.4 Å². The number of methoxy groups -OCH3 is 1. The third-order valence-electron chi connectivity index (χ3n) is 2.56. The van der Waals surface area contributed by atoms with Crippen molar-refractivity contribution in [3.05, 3.63) is 18.5 Å². The minimum Gasteiger partial charge on any atom is -0.467 e. The van der Waals surface area contributed by atoms with E-state index in [4.69, 9.17) is 4.74 Å². The molecule has 0 saturated carbocycles. The summed E-state index contributed by atoms with van der Waals surface area (Å²) >= 11 is 0. The van der Waals surface area contributed by atoms with Gasteiger partial charge in [-0.3, -0.25) is 4.98 Å². The predicted molar refractivity (Wildman–Crippen MR) is 72.7 cm³/mol. The highest BCUT2D eigenvalue weighted by Gasteiger charge is 2.22. The summed E-state index contributed by atoms with van der Waals surface area (Å²) in [6.45, 7) is 6.79. The molecule has 5 heteroatoms. The average molecular weight is 251 g/mol. The average Bonchev–Trinajstić information content (AvgIpc) is 2.35. The fraction of sp³-hybridized carbons (Fsp3) is 0.538. The zero-order valence-corrected chi connectivity index (χ0v) is 11.4. The first-order valence-corrected chi connectivity index (χ1v) is 6.11.